The number of nitrogens with zero attached hydrogens (tertiary/aromatic N) is 3. The van der Waals surface area contributed by atoms with Crippen LogP contribution >= 0.6 is 0 Å². The average molecular weight is 342 g/mol. The number of amides is 1. The summed E-state index contributed by atoms with van der Waals surface area (Å²) in [6.07, 6.45) is 0.609. The minimum atomic E-state index is -0.415. The number of ether oxygens (including phenoxy) is 1. The van der Waals surface area contributed by atoms with E-state index in [-0.39, 0.29) is 11.5 Å². The molecule has 132 valence electrons. The molecular formula is C18H22N4O3. The van der Waals surface area contributed by atoms with Crippen LogP contribution in [0.3, 0.4) is 0 Å². The van der Waals surface area contributed by atoms with E-state index in [1.54, 1.807) is 7.11 Å². The fourth-order valence-electron chi connectivity index (χ4n) is 3.18. The molecule has 0 bridgehead atoms. The molecule has 1 amide bonds. The zero-order chi connectivity index (χ0) is 18.0. The van der Waals surface area contributed by atoms with Crippen molar-refractivity contribution in [3.8, 4) is 0 Å². The van der Waals surface area contributed by atoms with Gasteiger partial charge >= 0.3 is 0 Å². The maximum Gasteiger partial charge on any atom is 0.273 e. The fraction of sp³-hybridized carbons (Fsp3) is 0.389. The Hall–Kier alpha value is -2.67. The van der Waals surface area contributed by atoms with E-state index in [0.717, 1.165) is 16.6 Å². The topological polar surface area (TPSA) is 77.6 Å². The van der Waals surface area contributed by atoms with Crippen LogP contribution in [0.2, 0.25) is 0 Å². The van der Waals surface area contributed by atoms with E-state index < -0.39 is 6.04 Å². The van der Waals surface area contributed by atoms with Crippen LogP contribution in [-0.2, 0) is 9.53 Å². The van der Waals surface area contributed by atoms with Crippen LogP contribution in [0, 0.1) is 6.92 Å². The van der Waals surface area contributed by atoms with Crippen molar-refractivity contribution in [2.45, 2.75) is 26.3 Å². The quantitative estimate of drug-likeness (QED) is 0.691. The number of aryl methyl sites for hydroxylation is 1. The lowest BCUT2D eigenvalue weighted by Gasteiger charge is -2.20. The van der Waals surface area contributed by atoms with Gasteiger partial charge in [0.25, 0.3) is 5.56 Å². The first kappa shape index (κ1) is 17.2. The maximum absolute atomic E-state index is 12.7. The number of rotatable bonds is 6. The molecule has 7 heteroatoms. The number of hydrogen-bond acceptors (Lipinski definition) is 4. The SMILES string of the molecule is CC[C@@H](C(=O)NCCOC)n1c2ccccc2c2nc(=O)cc(C)n21. The summed E-state index contributed by atoms with van der Waals surface area (Å²) in [7, 11) is 1.60. The number of methoxy groups -OCH3 is 1. The van der Waals surface area contributed by atoms with Crippen molar-refractivity contribution in [3.05, 3.63) is 46.4 Å². The summed E-state index contributed by atoms with van der Waals surface area (Å²) in [4.78, 5) is 28.8. The van der Waals surface area contributed by atoms with E-state index in [1.165, 1.54) is 6.07 Å². The predicted octanol–water partition coefficient (Wildman–Crippen LogP) is 1.67. The summed E-state index contributed by atoms with van der Waals surface area (Å²) >= 11 is 0. The van der Waals surface area contributed by atoms with Crippen molar-refractivity contribution in [1.82, 2.24) is 19.5 Å². The van der Waals surface area contributed by atoms with Crippen molar-refractivity contribution in [3.63, 3.8) is 0 Å². The molecule has 2 heterocycles. The lowest BCUT2D eigenvalue weighted by molar-refractivity contribution is -0.124. The van der Waals surface area contributed by atoms with E-state index in [0.29, 0.717) is 25.2 Å². The van der Waals surface area contributed by atoms with E-state index in [2.05, 4.69) is 10.3 Å². The minimum absolute atomic E-state index is 0.0831. The van der Waals surface area contributed by atoms with E-state index >= 15 is 0 Å². The molecule has 1 aromatic carbocycles. The molecule has 3 aromatic rings. The maximum atomic E-state index is 12.7. The highest BCUT2D eigenvalue weighted by atomic mass is 16.5. The summed E-state index contributed by atoms with van der Waals surface area (Å²) < 4.78 is 8.78. The molecule has 25 heavy (non-hydrogen) atoms. The first-order valence-electron chi connectivity index (χ1n) is 8.34. The van der Waals surface area contributed by atoms with Gasteiger partial charge in [-0.3, -0.25) is 14.3 Å². The summed E-state index contributed by atoms with van der Waals surface area (Å²) in [5.41, 5.74) is 1.91. The number of benzene rings is 1. The van der Waals surface area contributed by atoms with Gasteiger partial charge in [-0.25, -0.2) is 4.52 Å². The molecule has 0 aliphatic rings. The number of nitrogens with one attached hydrogen (secondary N) is 1. The van der Waals surface area contributed by atoms with Crippen molar-refractivity contribution in [2.24, 2.45) is 0 Å². The van der Waals surface area contributed by atoms with E-state index in [1.807, 2.05) is 47.3 Å². The van der Waals surface area contributed by atoms with Gasteiger partial charge in [-0.1, -0.05) is 19.1 Å². The van der Waals surface area contributed by atoms with Gasteiger partial charge in [-0.15, -0.1) is 0 Å². The van der Waals surface area contributed by atoms with Crippen molar-refractivity contribution >= 4 is 22.5 Å². The van der Waals surface area contributed by atoms with Gasteiger partial charge in [0.05, 0.1) is 12.1 Å². The third-order valence-corrected chi connectivity index (χ3v) is 4.28. The van der Waals surface area contributed by atoms with Crippen molar-refractivity contribution in [2.75, 3.05) is 20.3 Å². The monoisotopic (exact) mass is 342 g/mol. The van der Waals surface area contributed by atoms with Gasteiger partial charge < -0.3 is 10.1 Å². The van der Waals surface area contributed by atoms with Crippen molar-refractivity contribution in [1.29, 1.82) is 0 Å². The second kappa shape index (κ2) is 7.06. The molecule has 7 nitrogen and oxygen atoms in total. The van der Waals surface area contributed by atoms with Crippen LogP contribution in [-0.4, -0.2) is 40.3 Å². The van der Waals surface area contributed by atoms with Crippen LogP contribution < -0.4 is 10.9 Å². The summed E-state index contributed by atoms with van der Waals surface area (Å²) in [6.45, 7) is 4.73. The molecule has 0 saturated heterocycles. The Morgan fingerprint density at radius 1 is 1.36 bits per heavy atom. The second-order valence-electron chi connectivity index (χ2n) is 5.94. The Morgan fingerprint density at radius 3 is 2.84 bits per heavy atom. The fourth-order valence-corrected chi connectivity index (χ4v) is 3.18. The van der Waals surface area contributed by atoms with Gasteiger partial charge in [-0.05, 0) is 25.5 Å². The summed E-state index contributed by atoms with van der Waals surface area (Å²) in [5, 5.41) is 3.76. The number of carbonyl (C=O) groups is 1. The Bertz CT molecular complexity index is 974. The van der Waals surface area contributed by atoms with Crippen LogP contribution in [0.1, 0.15) is 25.1 Å². The van der Waals surface area contributed by atoms with Crippen LogP contribution in [0.15, 0.2) is 35.1 Å². The first-order valence-corrected chi connectivity index (χ1v) is 8.34. The Kier molecular flexibility index (Phi) is 4.85. The van der Waals surface area contributed by atoms with E-state index in [9.17, 15) is 9.59 Å². The molecule has 1 N–H and O–H groups in total. The van der Waals surface area contributed by atoms with Gasteiger partial charge in [0.1, 0.15) is 6.04 Å². The first-order chi connectivity index (χ1) is 12.1. The van der Waals surface area contributed by atoms with Crippen LogP contribution in [0.25, 0.3) is 16.6 Å². The highest BCUT2D eigenvalue weighted by Gasteiger charge is 2.24. The second-order valence-corrected chi connectivity index (χ2v) is 5.94. The largest absolute Gasteiger partial charge is 0.383 e. The lowest BCUT2D eigenvalue weighted by Crippen LogP contribution is -2.35. The molecule has 0 aliphatic heterocycles. The Labute approximate surface area is 145 Å². The van der Waals surface area contributed by atoms with Crippen LogP contribution in [0.5, 0.6) is 0 Å². The zero-order valence-electron chi connectivity index (χ0n) is 14.7. The third kappa shape index (κ3) is 3.02. The minimum Gasteiger partial charge on any atom is -0.383 e. The van der Waals surface area contributed by atoms with Crippen LogP contribution in [0.4, 0.5) is 0 Å². The predicted molar refractivity (Wildman–Crippen MR) is 95.9 cm³/mol. The Morgan fingerprint density at radius 2 is 2.12 bits per heavy atom. The molecule has 1 atom stereocenters. The van der Waals surface area contributed by atoms with Gasteiger partial charge in [0, 0.05) is 30.8 Å². The highest BCUT2D eigenvalue weighted by Crippen LogP contribution is 2.26. The average Bonchev–Trinajstić information content (AvgIpc) is 2.91. The summed E-state index contributed by atoms with van der Waals surface area (Å²) in [5.74, 6) is -0.0831. The van der Waals surface area contributed by atoms with Crippen molar-refractivity contribution < 1.29 is 9.53 Å². The molecule has 0 unspecified atom stereocenters. The summed E-state index contributed by atoms with van der Waals surface area (Å²) in [6, 6.07) is 8.75. The number of hydrogen-bond donors (Lipinski definition) is 1. The van der Waals surface area contributed by atoms with E-state index in [4.69, 9.17) is 4.74 Å². The lowest BCUT2D eigenvalue weighted by atomic mass is 10.2. The molecular weight excluding hydrogens is 320 g/mol. The molecule has 0 spiro atoms. The smallest absolute Gasteiger partial charge is 0.273 e. The number of aromatic nitrogens is 3. The molecule has 0 aliphatic carbocycles. The molecule has 0 fully saturated rings. The molecule has 0 radical (unpaired) electrons. The normalized spacial score (nSPS) is 12.6. The molecule has 3 rings (SSSR count). The number of fused-ring (bicyclic) bond motifs is 3. The molecule has 2 aromatic heterocycles. The number of carbonyl (C=O) groups excluding carboxylic acids is 1. The Balaban J connectivity index is 2.22. The highest BCUT2D eigenvalue weighted by molar-refractivity contribution is 5.94. The number of para-hydroxylation sites is 1. The zero-order valence-corrected chi connectivity index (χ0v) is 14.7. The van der Waals surface area contributed by atoms with Gasteiger partial charge in [0.15, 0.2) is 5.65 Å². The van der Waals surface area contributed by atoms with Gasteiger partial charge in [0.2, 0.25) is 5.91 Å². The standard InChI is InChI=1S/C18H22N4O3/c1-4-14(18(24)19-9-10-25-3)22-15-8-6-5-7-13(15)17-20-16(23)11-12(2)21(17)22/h5-8,11,14H,4,9-10H2,1-3H3,(H,19,24)/t14-/m0/s1. The third-order valence-electron chi connectivity index (χ3n) is 4.28. The molecule has 0 saturated carbocycles. The van der Waals surface area contributed by atoms with Gasteiger partial charge in [-0.2, -0.15) is 4.98 Å².